The molecule has 3 aromatic heterocycles. The molecule has 1 aliphatic heterocycles. The molecule has 0 bridgehead atoms. The minimum Gasteiger partial charge on any atom is -0.354 e. The summed E-state index contributed by atoms with van der Waals surface area (Å²) in [6.45, 7) is 14.0. The first-order valence-electron chi connectivity index (χ1n) is 9.33. The Labute approximate surface area is 158 Å². The zero-order valence-electron chi connectivity index (χ0n) is 16.5. The van der Waals surface area contributed by atoms with Gasteiger partial charge in [-0.05, 0) is 13.8 Å². The summed E-state index contributed by atoms with van der Waals surface area (Å²) in [5.74, 6) is 3.12. The number of aryl methyl sites for hydroxylation is 1. The Morgan fingerprint density at radius 1 is 1.11 bits per heavy atom. The predicted octanol–water partition coefficient (Wildman–Crippen LogP) is 2.00. The Balaban J connectivity index is 1.47. The zero-order chi connectivity index (χ0) is 19.2. The highest BCUT2D eigenvalue weighted by Crippen LogP contribution is 2.26. The Bertz CT molecular complexity index is 932. The van der Waals surface area contributed by atoms with Crippen LogP contribution in [0.4, 0.5) is 5.82 Å². The van der Waals surface area contributed by atoms with Gasteiger partial charge in [-0.2, -0.15) is 19.6 Å². The fraction of sp³-hybridized carbons (Fsp3) is 0.611. The van der Waals surface area contributed by atoms with E-state index in [0.29, 0.717) is 11.7 Å². The third-order valence-electron chi connectivity index (χ3n) is 5.02. The van der Waals surface area contributed by atoms with E-state index >= 15 is 0 Å². The molecule has 0 aromatic carbocycles. The molecule has 9 heteroatoms. The molecule has 3 aromatic rings. The van der Waals surface area contributed by atoms with Crippen LogP contribution in [0.2, 0.25) is 0 Å². The molecule has 0 amide bonds. The Morgan fingerprint density at radius 2 is 1.85 bits per heavy atom. The Kier molecular flexibility index (Phi) is 4.33. The molecule has 9 nitrogen and oxygen atoms in total. The molecule has 0 N–H and O–H groups in total. The van der Waals surface area contributed by atoms with Gasteiger partial charge in [-0.15, -0.1) is 0 Å². The van der Waals surface area contributed by atoms with Crippen molar-refractivity contribution >= 4 is 11.6 Å². The van der Waals surface area contributed by atoms with Gasteiger partial charge < -0.3 is 9.42 Å². The van der Waals surface area contributed by atoms with Crippen molar-refractivity contribution < 1.29 is 4.52 Å². The van der Waals surface area contributed by atoms with Crippen molar-refractivity contribution in [3.63, 3.8) is 0 Å². The van der Waals surface area contributed by atoms with Gasteiger partial charge in [0.15, 0.2) is 5.82 Å². The van der Waals surface area contributed by atoms with Crippen LogP contribution >= 0.6 is 0 Å². The second kappa shape index (κ2) is 6.56. The number of piperazine rings is 1. The quantitative estimate of drug-likeness (QED) is 0.692. The van der Waals surface area contributed by atoms with E-state index in [2.05, 4.69) is 68.8 Å². The fourth-order valence-corrected chi connectivity index (χ4v) is 3.34. The molecule has 1 fully saturated rings. The number of hydrogen-bond acceptors (Lipinski definition) is 8. The van der Waals surface area contributed by atoms with Gasteiger partial charge in [-0.25, -0.2) is 4.98 Å². The molecule has 0 aliphatic carbocycles. The van der Waals surface area contributed by atoms with Crippen LogP contribution in [-0.4, -0.2) is 60.8 Å². The molecule has 1 saturated heterocycles. The minimum atomic E-state index is -0.109. The number of aromatic nitrogens is 6. The summed E-state index contributed by atoms with van der Waals surface area (Å²) >= 11 is 0. The van der Waals surface area contributed by atoms with Crippen molar-refractivity contribution in [1.29, 1.82) is 0 Å². The van der Waals surface area contributed by atoms with Gasteiger partial charge >= 0.3 is 0 Å². The second-order valence-corrected chi connectivity index (χ2v) is 8.13. The number of anilines is 1. The Hall–Kier alpha value is -2.55. The fourth-order valence-electron chi connectivity index (χ4n) is 3.34. The van der Waals surface area contributed by atoms with E-state index in [1.165, 1.54) is 0 Å². The van der Waals surface area contributed by atoms with Crippen molar-refractivity contribution in [2.24, 2.45) is 0 Å². The van der Waals surface area contributed by atoms with E-state index in [9.17, 15) is 0 Å². The Morgan fingerprint density at radius 3 is 2.52 bits per heavy atom. The predicted molar refractivity (Wildman–Crippen MR) is 101 cm³/mol. The highest BCUT2D eigenvalue weighted by Gasteiger charge is 2.29. The molecular weight excluding hydrogens is 344 g/mol. The van der Waals surface area contributed by atoms with Gasteiger partial charge in [0.25, 0.3) is 5.78 Å². The highest BCUT2D eigenvalue weighted by molar-refractivity contribution is 5.47. The molecule has 0 spiro atoms. The maximum atomic E-state index is 5.53. The van der Waals surface area contributed by atoms with Crippen molar-refractivity contribution in [1.82, 2.24) is 34.6 Å². The zero-order valence-corrected chi connectivity index (χ0v) is 16.5. The van der Waals surface area contributed by atoms with Crippen molar-refractivity contribution in [3.8, 4) is 0 Å². The van der Waals surface area contributed by atoms with E-state index in [4.69, 9.17) is 4.52 Å². The molecule has 27 heavy (non-hydrogen) atoms. The van der Waals surface area contributed by atoms with E-state index < -0.39 is 0 Å². The second-order valence-electron chi connectivity index (χ2n) is 8.13. The summed E-state index contributed by atoms with van der Waals surface area (Å²) in [6.07, 6.45) is 1.55. The SMILES string of the molecule is Cc1cc(N2CCN(C(C)c3nc(C(C)(C)C)no3)CC2)n2ncnc2n1. The maximum Gasteiger partial charge on any atom is 0.254 e. The van der Waals surface area contributed by atoms with E-state index in [-0.39, 0.29) is 11.5 Å². The number of fused-ring (bicyclic) bond motifs is 1. The van der Waals surface area contributed by atoms with E-state index in [0.717, 1.165) is 43.5 Å². The average Bonchev–Trinajstić information content (AvgIpc) is 3.29. The van der Waals surface area contributed by atoms with Gasteiger partial charge in [0.05, 0.1) is 6.04 Å². The van der Waals surface area contributed by atoms with Crippen LogP contribution < -0.4 is 4.90 Å². The summed E-state index contributed by atoms with van der Waals surface area (Å²) in [7, 11) is 0. The van der Waals surface area contributed by atoms with Crippen molar-refractivity contribution in [3.05, 3.63) is 29.8 Å². The van der Waals surface area contributed by atoms with Gasteiger partial charge in [0.1, 0.15) is 12.1 Å². The van der Waals surface area contributed by atoms with Crippen LogP contribution in [0.3, 0.4) is 0 Å². The summed E-state index contributed by atoms with van der Waals surface area (Å²) < 4.78 is 7.34. The molecule has 144 valence electrons. The van der Waals surface area contributed by atoms with Crippen LogP contribution in [0, 0.1) is 6.92 Å². The average molecular weight is 370 g/mol. The molecule has 1 atom stereocenters. The molecular formula is C18H26N8O. The van der Waals surface area contributed by atoms with Gasteiger partial charge in [-0.1, -0.05) is 25.9 Å². The lowest BCUT2D eigenvalue weighted by molar-refractivity contribution is 0.163. The topological polar surface area (TPSA) is 88.5 Å². The van der Waals surface area contributed by atoms with Gasteiger partial charge in [-0.3, -0.25) is 4.90 Å². The number of hydrogen-bond donors (Lipinski definition) is 0. The third kappa shape index (κ3) is 3.39. The summed E-state index contributed by atoms with van der Waals surface area (Å²) in [5, 5.41) is 8.47. The van der Waals surface area contributed by atoms with Crippen LogP contribution in [-0.2, 0) is 5.41 Å². The molecule has 4 rings (SSSR count). The van der Waals surface area contributed by atoms with Gasteiger partial charge in [0.2, 0.25) is 5.89 Å². The smallest absolute Gasteiger partial charge is 0.254 e. The molecule has 1 aliphatic rings. The summed E-state index contributed by atoms with van der Waals surface area (Å²) in [5.41, 5.74) is 0.838. The molecule has 1 unspecified atom stereocenters. The number of nitrogens with zero attached hydrogens (tertiary/aromatic N) is 8. The van der Waals surface area contributed by atoms with E-state index in [1.54, 1.807) is 10.8 Å². The standard InChI is InChI=1S/C18H26N8O/c1-12-10-14(26-17(21-12)19-11-20-26)25-8-6-24(7-9-25)13(2)15-22-16(23-27-15)18(3,4)5/h10-11,13H,6-9H2,1-5H3. The largest absolute Gasteiger partial charge is 0.354 e. The first-order chi connectivity index (χ1) is 12.8. The molecule has 0 radical (unpaired) electrons. The van der Waals surface area contributed by atoms with E-state index in [1.807, 2.05) is 6.92 Å². The highest BCUT2D eigenvalue weighted by atomic mass is 16.5. The first kappa shape index (κ1) is 17.8. The van der Waals surface area contributed by atoms with Crippen LogP contribution in [0.5, 0.6) is 0 Å². The van der Waals surface area contributed by atoms with Crippen molar-refractivity contribution in [2.45, 2.75) is 46.1 Å². The lowest BCUT2D eigenvalue weighted by atomic mass is 9.96. The minimum absolute atomic E-state index is 0.0984. The van der Waals surface area contributed by atoms with Crippen LogP contribution in [0.15, 0.2) is 16.9 Å². The summed E-state index contributed by atoms with van der Waals surface area (Å²) in [6, 6.07) is 2.16. The van der Waals surface area contributed by atoms with Crippen LogP contribution in [0.1, 0.15) is 51.1 Å². The number of rotatable bonds is 3. The lowest BCUT2D eigenvalue weighted by Crippen LogP contribution is -2.47. The molecule has 0 saturated carbocycles. The first-order valence-corrected chi connectivity index (χ1v) is 9.33. The van der Waals surface area contributed by atoms with Crippen LogP contribution in [0.25, 0.3) is 5.78 Å². The van der Waals surface area contributed by atoms with Gasteiger partial charge in [0, 0.05) is 43.4 Å². The van der Waals surface area contributed by atoms with Crippen molar-refractivity contribution in [2.75, 3.05) is 31.1 Å². The monoisotopic (exact) mass is 370 g/mol. The normalized spacial score (nSPS) is 17.6. The molecule has 4 heterocycles. The lowest BCUT2D eigenvalue weighted by Gasteiger charge is -2.37. The third-order valence-corrected chi connectivity index (χ3v) is 5.02. The maximum absolute atomic E-state index is 5.53. The summed E-state index contributed by atoms with van der Waals surface area (Å²) in [4.78, 5) is 18.0.